The second-order valence-corrected chi connectivity index (χ2v) is 4.44. The van der Waals surface area contributed by atoms with Gasteiger partial charge in [-0.1, -0.05) is 5.21 Å². The van der Waals surface area contributed by atoms with Crippen LogP contribution in [-0.2, 0) is 13.1 Å². The van der Waals surface area contributed by atoms with Crippen molar-refractivity contribution < 1.29 is 4.79 Å². The first-order valence-electron chi connectivity index (χ1n) is 6.58. The second-order valence-electron chi connectivity index (χ2n) is 4.44. The topological polar surface area (TPSA) is 104 Å². The van der Waals surface area contributed by atoms with Crippen LogP contribution < -0.4 is 11.1 Å². The second kappa shape index (κ2) is 6.18. The highest BCUT2D eigenvalue weighted by Crippen LogP contribution is 2.15. The molecule has 0 radical (unpaired) electrons. The van der Waals surface area contributed by atoms with Crippen LogP contribution >= 0.6 is 0 Å². The van der Waals surface area contributed by atoms with Gasteiger partial charge in [-0.2, -0.15) is 5.10 Å². The van der Waals surface area contributed by atoms with Gasteiger partial charge < -0.3 is 11.1 Å². The van der Waals surface area contributed by atoms with Crippen molar-refractivity contribution in [1.29, 1.82) is 0 Å². The number of nitrogens with two attached hydrogens (primary N) is 1. The van der Waals surface area contributed by atoms with Crippen LogP contribution in [0.5, 0.6) is 0 Å². The Morgan fingerprint density at radius 1 is 1.50 bits per heavy atom. The average Bonchev–Trinajstić information content (AvgIpc) is 3.04. The van der Waals surface area contributed by atoms with Gasteiger partial charge in [0.05, 0.1) is 17.6 Å². The van der Waals surface area contributed by atoms with Crippen molar-refractivity contribution in [3.63, 3.8) is 0 Å². The molecule has 0 aliphatic heterocycles. The summed E-state index contributed by atoms with van der Waals surface area (Å²) in [5.41, 5.74) is 7.46. The summed E-state index contributed by atoms with van der Waals surface area (Å²) >= 11 is 0. The minimum absolute atomic E-state index is 0.191. The Bertz CT molecular complexity index is 573. The normalized spacial score (nSPS) is 10.7. The minimum Gasteiger partial charge on any atom is -0.395 e. The number of hydrogen-bond donors (Lipinski definition) is 2. The lowest BCUT2D eigenvalue weighted by molar-refractivity contribution is 0.0943. The first kappa shape index (κ1) is 14.0. The molecule has 0 aliphatic rings. The van der Waals surface area contributed by atoms with Gasteiger partial charge >= 0.3 is 0 Å². The molecular formula is C12H19N7O. The number of amides is 1. The zero-order valence-corrected chi connectivity index (χ0v) is 11.7. The third-order valence-corrected chi connectivity index (χ3v) is 3.01. The largest absolute Gasteiger partial charge is 0.395 e. The molecule has 8 heteroatoms. The summed E-state index contributed by atoms with van der Waals surface area (Å²) in [4.78, 5) is 12.1. The van der Waals surface area contributed by atoms with Crippen LogP contribution in [0.15, 0.2) is 12.4 Å². The predicted molar refractivity (Wildman–Crippen MR) is 74.0 cm³/mol. The smallest absolute Gasteiger partial charge is 0.271 e. The molecule has 0 fully saturated rings. The highest BCUT2D eigenvalue weighted by atomic mass is 16.2. The molecule has 0 spiro atoms. The van der Waals surface area contributed by atoms with E-state index in [0.717, 1.165) is 6.42 Å². The summed E-state index contributed by atoms with van der Waals surface area (Å²) in [5, 5.41) is 14.6. The first-order valence-corrected chi connectivity index (χ1v) is 6.58. The van der Waals surface area contributed by atoms with Gasteiger partial charge in [-0.05, 0) is 20.3 Å². The third-order valence-electron chi connectivity index (χ3n) is 3.01. The molecule has 0 saturated carbocycles. The van der Waals surface area contributed by atoms with Gasteiger partial charge in [-0.3, -0.25) is 14.2 Å². The van der Waals surface area contributed by atoms with Gasteiger partial charge in [0.2, 0.25) is 0 Å². The molecule has 0 bridgehead atoms. The fraction of sp³-hybridized carbons (Fsp3) is 0.500. The Balaban J connectivity index is 1.88. The number of hydrogen-bond acceptors (Lipinski definition) is 5. The van der Waals surface area contributed by atoms with Crippen molar-refractivity contribution in [2.24, 2.45) is 0 Å². The molecule has 0 saturated heterocycles. The van der Waals surface area contributed by atoms with Crippen molar-refractivity contribution in [3.05, 3.63) is 23.8 Å². The van der Waals surface area contributed by atoms with Crippen LogP contribution in [0.1, 0.15) is 29.5 Å². The zero-order valence-electron chi connectivity index (χ0n) is 11.7. The van der Waals surface area contributed by atoms with Gasteiger partial charge in [-0.15, -0.1) is 5.10 Å². The summed E-state index contributed by atoms with van der Waals surface area (Å²) in [5.74, 6) is -0.191. The van der Waals surface area contributed by atoms with Crippen molar-refractivity contribution >= 4 is 11.6 Å². The van der Waals surface area contributed by atoms with Crippen LogP contribution in [0.3, 0.4) is 0 Å². The summed E-state index contributed by atoms with van der Waals surface area (Å²) in [6.45, 7) is 5.59. The van der Waals surface area contributed by atoms with Gasteiger partial charge in [0.15, 0.2) is 0 Å². The Kier molecular flexibility index (Phi) is 4.34. The maximum Gasteiger partial charge on any atom is 0.271 e. The molecule has 2 heterocycles. The molecule has 0 aromatic carbocycles. The van der Waals surface area contributed by atoms with Gasteiger partial charge in [0, 0.05) is 25.8 Å². The number of aromatic nitrogens is 5. The van der Waals surface area contributed by atoms with Crippen LogP contribution in [-0.4, -0.2) is 37.2 Å². The average molecular weight is 277 g/mol. The third kappa shape index (κ3) is 2.95. The molecule has 3 N–H and O–H groups in total. The van der Waals surface area contributed by atoms with E-state index in [1.165, 1.54) is 0 Å². The van der Waals surface area contributed by atoms with E-state index in [0.29, 0.717) is 36.7 Å². The van der Waals surface area contributed by atoms with Crippen LogP contribution in [0.4, 0.5) is 5.69 Å². The molecule has 20 heavy (non-hydrogen) atoms. The van der Waals surface area contributed by atoms with Crippen molar-refractivity contribution in [3.8, 4) is 0 Å². The van der Waals surface area contributed by atoms with E-state index in [2.05, 4.69) is 20.7 Å². The fourth-order valence-corrected chi connectivity index (χ4v) is 1.94. The molecular weight excluding hydrogens is 258 g/mol. The molecule has 0 unspecified atom stereocenters. The number of anilines is 1. The SMILES string of the molecule is CCn1nc(C)c(N)c1C(=O)NCCCn1ccnn1. The Morgan fingerprint density at radius 2 is 2.30 bits per heavy atom. The van der Waals surface area contributed by atoms with Crippen LogP contribution in [0, 0.1) is 6.92 Å². The van der Waals surface area contributed by atoms with Crippen molar-refractivity contribution in [1.82, 2.24) is 30.1 Å². The van der Waals surface area contributed by atoms with E-state index in [4.69, 9.17) is 5.73 Å². The summed E-state index contributed by atoms with van der Waals surface area (Å²) < 4.78 is 3.35. The van der Waals surface area contributed by atoms with E-state index in [9.17, 15) is 4.79 Å². The maximum atomic E-state index is 12.1. The molecule has 2 rings (SSSR count). The Hall–Kier alpha value is -2.38. The molecule has 8 nitrogen and oxygen atoms in total. The van der Waals surface area contributed by atoms with Crippen molar-refractivity contribution in [2.75, 3.05) is 12.3 Å². The van der Waals surface area contributed by atoms with E-state index in [1.807, 2.05) is 6.92 Å². The molecule has 2 aromatic heterocycles. The maximum absolute atomic E-state index is 12.1. The molecule has 0 aliphatic carbocycles. The fourth-order valence-electron chi connectivity index (χ4n) is 1.94. The quantitative estimate of drug-likeness (QED) is 0.734. The summed E-state index contributed by atoms with van der Waals surface area (Å²) in [6, 6.07) is 0. The summed E-state index contributed by atoms with van der Waals surface area (Å²) in [6.07, 6.45) is 4.19. The Morgan fingerprint density at radius 3 is 2.95 bits per heavy atom. The lowest BCUT2D eigenvalue weighted by atomic mass is 10.3. The number of nitrogen functional groups attached to an aromatic ring is 1. The van der Waals surface area contributed by atoms with Gasteiger partial charge in [-0.25, -0.2) is 0 Å². The standard InChI is InChI=1S/C12H19N7O/c1-3-19-11(10(13)9(2)16-19)12(20)14-5-4-7-18-8-6-15-17-18/h6,8H,3-5,7,13H2,1-2H3,(H,14,20). The lowest BCUT2D eigenvalue weighted by Crippen LogP contribution is -2.28. The highest BCUT2D eigenvalue weighted by molar-refractivity contribution is 5.97. The summed E-state index contributed by atoms with van der Waals surface area (Å²) in [7, 11) is 0. The number of rotatable bonds is 6. The monoisotopic (exact) mass is 277 g/mol. The van der Waals surface area contributed by atoms with Crippen LogP contribution in [0.2, 0.25) is 0 Å². The molecule has 108 valence electrons. The predicted octanol–water partition coefficient (Wildman–Crippen LogP) is 0.205. The molecule has 1 amide bonds. The zero-order chi connectivity index (χ0) is 14.5. The van der Waals surface area contributed by atoms with Gasteiger partial charge in [0.1, 0.15) is 5.69 Å². The van der Waals surface area contributed by atoms with E-state index < -0.39 is 0 Å². The van der Waals surface area contributed by atoms with Crippen LogP contribution in [0.25, 0.3) is 0 Å². The number of carbonyl (C=O) groups is 1. The lowest BCUT2D eigenvalue weighted by Gasteiger charge is -2.07. The van der Waals surface area contributed by atoms with Crippen molar-refractivity contribution in [2.45, 2.75) is 33.4 Å². The molecule has 2 aromatic rings. The number of nitrogens with zero attached hydrogens (tertiary/aromatic N) is 5. The van der Waals surface area contributed by atoms with E-state index >= 15 is 0 Å². The first-order chi connectivity index (χ1) is 9.63. The van der Waals surface area contributed by atoms with E-state index in [-0.39, 0.29) is 5.91 Å². The Labute approximate surface area is 116 Å². The minimum atomic E-state index is -0.191. The van der Waals surface area contributed by atoms with Gasteiger partial charge in [0.25, 0.3) is 5.91 Å². The number of nitrogens with one attached hydrogen (secondary N) is 1. The number of carbonyl (C=O) groups excluding carboxylic acids is 1. The van der Waals surface area contributed by atoms with E-state index in [1.54, 1.807) is 28.7 Å². The molecule has 0 atom stereocenters. The highest BCUT2D eigenvalue weighted by Gasteiger charge is 2.18. The number of aryl methyl sites for hydroxylation is 3.